The van der Waals surface area contributed by atoms with Crippen molar-refractivity contribution in [1.29, 1.82) is 0 Å². The highest BCUT2D eigenvalue weighted by Gasteiger charge is 2.24. The van der Waals surface area contributed by atoms with Crippen molar-refractivity contribution in [3.8, 4) is 0 Å². The van der Waals surface area contributed by atoms with Crippen molar-refractivity contribution in [2.45, 2.75) is 38.6 Å². The van der Waals surface area contributed by atoms with Gasteiger partial charge in [-0.1, -0.05) is 36.4 Å². The molecule has 0 saturated carbocycles. The first-order valence-electron chi connectivity index (χ1n) is 8.92. The van der Waals surface area contributed by atoms with Crippen molar-refractivity contribution in [3.05, 3.63) is 48.6 Å². The van der Waals surface area contributed by atoms with E-state index in [-0.39, 0.29) is 25.2 Å². The standard InChI is InChI=1S/C20H27NO5/c1-3-13-24-16(2)20(23)26-15-19(22)21-11-9-18(10-12-21)25-14-17-7-5-4-6-8-17/h3-8,16,18H,1,9-15H2,2H3. The molecule has 142 valence electrons. The van der Waals surface area contributed by atoms with Crippen LogP contribution in [-0.2, 0) is 30.4 Å². The van der Waals surface area contributed by atoms with E-state index in [1.54, 1.807) is 17.9 Å². The molecule has 1 fully saturated rings. The molecule has 6 nitrogen and oxygen atoms in total. The van der Waals surface area contributed by atoms with Crippen LogP contribution in [0.3, 0.4) is 0 Å². The Balaban J connectivity index is 1.64. The topological polar surface area (TPSA) is 65.1 Å². The lowest BCUT2D eigenvalue weighted by Crippen LogP contribution is -2.43. The van der Waals surface area contributed by atoms with Gasteiger partial charge in [-0.3, -0.25) is 4.79 Å². The normalized spacial score (nSPS) is 16.1. The van der Waals surface area contributed by atoms with Crippen molar-refractivity contribution in [3.63, 3.8) is 0 Å². The summed E-state index contributed by atoms with van der Waals surface area (Å²) in [5, 5.41) is 0. The number of amides is 1. The van der Waals surface area contributed by atoms with Crippen LogP contribution in [0.15, 0.2) is 43.0 Å². The van der Waals surface area contributed by atoms with E-state index in [1.165, 1.54) is 0 Å². The third kappa shape index (κ3) is 6.61. The second-order valence-corrected chi connectivity index (χ2v) is 6.25. The van der Waals surface area contributed by atoms with Gasteiger partial charge in [-0.2, -0.15) is 0 Å². The van der Waals surface area contributed by atoms with Crippen LogP contribution in [0.4, 0.5) is 0 Å². The number of piperidine rings is 1. The van der Waals surface area contributed by atoms with Crippen molar-refractivity contribution in [2.24, 2.45) is 0 Å². The van der Waals surface area contributed by atoms with Crippen molar-refractivity contribution < 1.29 is 23.8 Å². The van der Waals surface area contributed by atoms with E-state index in [1.807, 2.05) is 30.3 Å². The SMILES string of the molecule is C=CCOC(C)C(=O)OCC(=O)N1CCC(OCc2ccccc2)CC1. The highest BCUT2D eigenvalue weighted by Crippen LogP contribution is 2.16. The zero-order chi connectivity index (χ0) is 18.8. The zero-order valence-electron chi connectivity index (χ0n) is 15.3. The van der Waals surface area contributed by atoms with Crippen molar-refractivity contribution in [2.75, 3.05) is 26.3 Å². The van der Waals surface area contributed by atoms with Crippen LogP contribution in [0.2, 0.25) is 0 Å². The lowest BCUT2D eigenvalue weighted by Gasteiger charge is -2.32. The van der Waals surface area contributed by atoms with E-state index in [4.69, 9.17) is 14.2 Å². The molecule has 1 amide bonds. The van der Waals surface area contributed by atoms with Gasteiger partial charge in [0.1, 0.15) is 0 Å². The molecule has 0 radical (unpaired) electrons. The lowest BCUT2D eigenvalue weighted by atomic mass is 10.1. The largest absolute Gasteiger partial charge is 0.454 e. The predicted molar refractivity (Wildman–Crippen MR) is 97.4 cm³/mol. The molecule has 1 aliphatic heterocycles. The number of nitrogens with zero attached hydrogens (tertiary/aromatic N) is 1. The van der Waals surface area contributed by atoms with Gasteiger partial charge in [-0.25, -0.2) is 4.79 Å². The summed E-state index contributed by atoms with van der Waals surface area (Å²) in [5.41, 5.74) is 1.14. The number of ether oxygens (including phenoxy) is 3. The molecule has 2 rings (SSSR count). The summed E-state index contributed by atoms with van der Waals surface area (Å²) in [6.45, 7) is 6.92. The predicted octanol–water partition coefficient (Wildman–Crippen LogP) is 2.33. The fraction of sp³-hybridized carbons (Fsp3) is 0.500. The van der Waals surface area contributed by atoms with Gasteiger partial charge in [0.25, 0.3) is 5.91 Å². The Bertz CT molecular complexity index is 581. The van der Waals surface area contributed by atoms with Crippen LogP contribution < -0.4 is 0 Å². The summed E-state index contributed by atoms with van der Waals surface area (Å²) in [6, 6.07) is 10.0. The summed E-state index contributed by atoms with van der Waals surface area (Å²) in [7, 11) is 0. The minimum atomic E-state index is -0.710. The average molecular weight is 361 g/mol. The van der Waals surface area contributed by atoms with Crippen LogP contribution in [0.5, 0.6) is 0 Å². The molecule has 1 aromatic rings. The number of benzene rings is 1. The van der Waals surface area contributed by atoms with Gasteiger partial charge in [0.2, 0.25) is 0 Å². The van der Waals surface area contributed by atoms with E-state index in [2.05, 4.69) is 6.58 Å². The summed E-state index contributed by atoms with van der Waals surface area (Å²) in [6.07, 6.45) is 2.56. The molecular weight excluding hydrogens is 334 g/mol. The zero-order valence-corrected chi connectivity index (χ0v) is 15.3. The minimum absolute atomic E-state index is 0.147. The number of hydrogen-bond acceptors (Lipinski definition) is 5. The van der Waals surface area contributed by atoms with E-state index in [0.29, 0.717) is 19.7 Å². The Kier molecular flexibility index (Phi) is 8.31. The second kappa shape index (κ2) is 10.7. The Morgan fingerprint density at radius 2 is 1.96 bits per heavy atom. The number of hydrogen-bond donors (Lipinski definition) is 0. The number of esters is 1. The fourth-order valence-electron chi connectivity index (χ4n) is 2.68. The first kappa shape index (κ1) is 20.1. The van der Waals surface area contributed by atoms with Gasteiger partial charge in [-0.15, -0.1) is 6.58 Å². The summed E-state index contributed by atoms with van der Waals surface area (Å²) >= 11 is 0. The Morgan fingerprint density at radius 3 is 2.62 bits per heavy atom. The molecule has 26 heavy (non-hydrogen) atoms. The maximum Gasteiger partial charge on any atom is 0.335 e. The summed E-state index contributed by atoms with van der Waals surface area (Å²) in [4.78, 5) is 25.6. The van der Waals surface area contributed by atoms with Crippen LogP contribution in [-0.4, -0.2) is 55.3 Å². The molecule has 1 aromatic carbocycles. The number of rotatable bonds is 9. The molecule has 0 bridgehead atoms. The maximum absolute atomic E-state index is 12.2. The molecule has 1 unspecified atom stereocenters. The Morgan fingerprint density at radius 1 is 1.27 bits per heavy atom. The lowest BCUT2D eigenvalue weighted by molar-refractivity contribution is -0.161. The van der Waals surface area contributed by atoms with Crippen LogP contribution in [0.25, 0.3) is 0 Å². The second-order valence-electron chi connectivity index (χ2n) is 6.25. The highest BCUT2D eigenvalue weighted by atomic mass is 16.6. The van der Waals surface area contributed by atoms with Gasteiger partial charge in [0.15, 0.2) is 12.7 Å². The van der Waals surface area contributed by atoms with Gasteiger partial charge < -0.3 is 19.1 Å². The molecule has 0 aliphatic carbocycles. The van der Waals surface area contributed by atoms with Crippen LogP contribution in [0.1, 0.15) is 25.3 Å². The van der Waals surface area contributed by atoms with Crippen molar-refractivity contribution >= 4 is 11.9 Å². The van der Waals surface area contributed by atoms with Crippen LogP contribution in [0, 0.1) is 0 Å². The number of carbonyl (C=O) groups is 2. The summed E-state index contributed by atoms with van der Waals surface area (Å²) in [5.74, 6) is -0.725. The molecule has 1 atom stereocenters. The molecule has 1 saturated heterocycles. The fourth-order valence-corrected chi connectivity index (χ4v) is 2.68. The minimum Gasteiger partial charge on any atom is -0.454 e. The Hall–Kier alpha value is -2.18. The number of carbonyl (C=O) groups excluding carboxylic acids is 2. The molecule has 1 aliphatic rings. The van der Waals surface area contributed by atoms with Gasteiger partial charge in [0, 0.05) is 13.1 Å². The Labute approximate surface area is 154 Å². The van der Waals surface area contributed by atoms with Gasteiger partial charge in [0.05, 0.1) is 19.3 Å². The first-order chi connectivity index (χ1) is 12.6. The third-order valence-corrected chi connectivity index (χ3v) is 4.26. The van der Waals surface area contributed by atoms with Gasteiger partial charge in [-0.05, 0) is 25.3 Å². The average Bonchev–Trinajstić information content (AvgIpc) is 2.69. The monoisotopic (exact) mass is 361 g/mol. The molecular formula is C20H27NO5. The highest BCUT2D eigenvalue weighted by molar-refractivity contribution is 5.82. The molecule has 1 heterocycles. The summed E-state index contributed by atoms with van der Waals surface area (Å²) < 4.78 is 16.1. The van der Waals surface area contributed by atoms with E-state index >= 15 is 0 Å². The molecule has 0 spiro atoms. The molecule has 0 N–H and O–H groups in total. The van der Waals surface area contributed by atoms with Gasteiger partial charge >= 0.3 is 5.97 Å². The smallest absolute Gasteiger partial charge is 0.335 e. The van der Waals surface area contributed by atoms with E-state index in [9.17, 15) is 9.59 Å². The first-order valence-corrected chi connectivity index (χ1v) is 8.92. The van der Waals surface area contributed by atoms with E-state index < -0.39 is 12.1 Å². The van der Waals surface area contributed by atoms with Crippen molar-refractivity contribution in [1.82, 2.24) is 4.90 Å². The molecule has 0 aromatic heterocycles. The molecule has 6 heteroatoms. The number of likely N-dealkylation sites (tertiary alicyclic amines) is 1. The quantitative estimate of drug-likeness (QED) is 0.499. The van der Waals surface area contributed by atoms with Crippen LogP contribution >= 0.6 is 0 Å². The third-order valence-electron chi connectivity index (χ3n) is 4.26. The van der Waals surface area contributed by atoms with E-state index in [0.717, 1.165) is 18.4 Å². The maximum atomic E-state index is 12.2.